The molecule has 0 aliphatic rings. The summed E-state index contributed by atoms with van der Waals surface area (Å²) < 4.78 is 5.55. The first-order chi connectivity index (χ1) is 7.18. The van der Waals surface area contributed by atoms with Crippen LogP contribution in [0.25, 0.3) is 11.3 Å². The van der Waals surface area contributed by atoms with Crippen LogP contribution in [-0.2, 0) is 0 Å². The molecule has 1 aromatic heterocycles. The fourth-order valence-corrected chi connectivity index (χ4v) is 1.57. The summed E-state index contributed by atoms with van der Waals surface area (Å²) in [7, 11) is 0. The number of furan rings is 1. The molecule has 0 fully saturated rings. The number of aryl methyl sites for hydroxylation is 1. The van der Waals surface area contributed by atoms with Gasteiger partial charge in [-0.05, 0) is 24.6 Å². The van der Waals surface area contributed by atoms with Crippen LogP contribution in [-0.4, -0.2) is 4.99 Å². The molecular formula is C12H11NOS. The molecular weight excluding hydrogens is 206 g/mol. The third-order valence-electron chi connectivity index (χ3n) is 2.26. The van der Waals surface area contributed by atoms with E-state index in [4.69, 9.17) is 22.4 Å². The lowest BCUT2D eigenvalue weighted by molar-refractivity contribution is 0.573. The smallest absolute Gasteiger partial charge is 0.161 e. The molecule has 0 saturated carbocycles. The number of hydrogen-bond acceptors (Lipinski definition) is 2. The summed E-state index contributed by atoms with van der Waals surface area (Å²) >= 11 is 4.84. The van der Waals surface area contributed by atoms with Gasteiger partial charge in [0, 0.05) is 5.56 Å². The van der Waals surface area contributed by atoms with E-state index in [0.717, 1.165) is 11.3 Å². The predicted molar refractivity (Wildman–Crippen MR) is 64.8 cm³/mol. The standard InChI is InChI=1S/C12H11NOS/c1-8-4-2-3-5-9(8)10-6-7-11(14-10)12(13)15/h2-7H,1H3,(H2,13,15). The number of nitrogens with two attached hydrogens (primary N) is 1. The summed E-state index contributed by atoms with van der Waals surface area (Å²) in [6.45, 7) is 2.04. The molecule has 0 radical (unpaired) electrons. The summed E-state index contributed by atoms with van der Waals surface area (Å²) in [6.07, 6.45) is 0. The van der Waals surface area contributed by atoms with Crippen molar-refractivity contribution in [1.82, 2.24) is 0 Å². The van der Waals surface area contributed by atoms with E-state index in [2.05, 4.69) is 0 Å². The van der Waals surface area contributed by atoms with E-state index in [1.807, 2.05) is 37.3 Å². The van der Waals surface area contributed by atoms with E-state index in [1.165, 1.54) is 5.56 Å². The Morgan fingerprint density at radius 3 is 2.53 bits per heavy atom. The molecule has 2 rings (SSSR count). The third kappa shape index (κ3) is 1.92. The molecule has 0 aliphatic carbocycles. The lowest BCUT2D eigenvalue weighted by atomic mass is 10.1. The quantitative estimate of drug-likeness (QED) is 0.786. The Morgan fingerprint density at radius 2 is 1.93 bits per heavy atom. The minimum atomic E-state index is 0.287. The lowest BCUT2D eigenvalue weighted by Crippen LogP contribution is -2.07. The summed E-state index contributed by atoms with van der Waals surface area (Å²) in [5.74, 6) is 1.36. The molecule has 0 saturated heterocycles. The van der Waals surface area contributed by atoms with Crippen molar-refractivity contribution in [2.75, 3.05) is 0 Å². The van der Waals surface area contributed by atoms with Gasteiger partial charge in [-0.3, -0.25) is 0 Å². The van der Waals surface area contributed by atoms with Gasteiger partial charge in [-0.1, -0.05) is 36.5 Å². The fraction of sp³-hybridized carbons (Fsp3) is 0.0833. The largest absolute Gasteiger partial charge is 0.454 e. The summed E-state index contributed by atoms with van der Waals surface area (Å²) in [6, 6.07) is 11.7. The van der Waals surface area contributed by atoms with Crippen molar-refractivity contribution < 1.29 is 4.42 Å². The second-order valence-corrected chi connectivity index (χ2v) is 3.78. The minimum Gasteiger partial charge on any atom is -0.454 e. The van der Waals surface area contributed by atoms with Crippen molar-refractivity contribution in [3.8, 4) is 11.3 Å². The molecule has 0 atom stereocenters. The topological polar surface area (TPSA) is 39.2 Å². The predicted octanol–water partition coefficient (Wildman–Crippen LogP) is 2.89. The number of rotatable bonds is 2. The maximum atomic E-state index is 5.55. The Bertz CT molecular complexity index is 502. The van der Waals surface area contributed by atoms with Gasteiger partial charge in [-0.15, -0.1) is 0 Å². The highest BCUT2D eigenvalue weighted by Crippen LogP contribution is 2.24. The highest BCUT2D eigenvalue weighted by molar-refractivity contribution is 7.80. The first kappa shape index (κ1) is 9.93. The van der Waals surface area contributed by atoms with Gasteiger partial charge in [0.05, 0.1) is 0 Å². The van der Waals surface area contributed by atoms with E-state index >= 15 is 0 Å². The van der Waals surface area contributed by atoms with Crippen molar-refractivity contribution in [1.29, 1.82) is 0 Å². The van der Waals surface area contributed by atoms with Gasteiger partial charge in [-0.2, -0.15) is 0 Å². The molecule has 3 heteroatoms. The van der Waals surface area contributed by atoms with E-state index in [0.29, 0.717) is 5.76 Å². The number of thiocarbonyl (C=S) groups is 1. The molecule has 1 aromatic carbocycles. The van der Waals surface area contributed by atoms with Crippen molar-refractivity contribution >= 4 is 17.2 Å². The number of benzene rings is 1. The molecule has 0 aliphatic heterocycles. The zero-order chi connectivity index (χ0) is 10.8. The van der Waals surface area contributed by atoms with Gasteiger partial charge in [0.25, 0.3) is 0 Å². The van der Waals surface area contributed by atoms with Crippen LogP contribution in [0, 0.1) is 6.92 Å². The lowest BCUT2D eigenvalue weighted by Gasteiger charge is -2.00. The molecule has 76 valence electrons. The molecule has 0 amide bonds. The molecule has 0 bridgehead atoms. The van der Waals surface area contributed by atoms with Gasteiger partial charge in [0.15, 0.2) is 5.76 Å². The fourth-order valence-electron chi connectivity index (χ4n) is 1.46. The summed E-state index contributed by atoms with van der Waals surface area (Å²) in [5, 5.41) is 0. The van der Waals surface area contributed by atoms with Crippen LogP contribution in [0.2, 0.25) is 0 Å². The molecule has 2 N–H and O–H groups in total. The monoisotopic (exact) mass is 217 g/mol. The third-order valence-corrected chi connectivity index (χ3v) is 2.46. The first-order valence-corrected chi connectivity index (χ1v) is 5.05. The average molecular weight is 217 g/mol. The maximum Gasteiger partial charge on any atom is 0.161 e. The molecule has 0 spiro atoms. The highest BCUT2D eigenvalue weighted by Gasteiger charge is 2.07. The molecule has 0 unspecified atom stereocenters. The zero-order valence-electron chi connectivity index (χ0n) is 8.36. The van der Waals surface area contributed by atoms with Crippen LogP contribution < -0.4 is 5.73 Å². The van der Waals surface area contributed by atoms with Gasteiger partial charge < -0.3 is 10.2 Å². The second-order valence-electron chi connectivity index (χ2n) is 3.34. The van der Waals surface area contributed by atoms with E-state index in [-0.39, 0.29) is 4.99 Å². The Kier molecular flexibility index (Phi) is 2.56. The minimum absolute atomic E-state index is 0.287. The van der Waals surface area contributed by atoms with Crippen molar-refractivity contribution in [2.24, 2.45) is 5.73 Å². The highest BCUT2D eigenvalue weighted by atomic mass is 32.1. The van der Waals surface area contributed by atoms with E-state index < -0.39 is 0 Å². The zero-order valence-corrected chi connectivity index (χ0v) is 9.17. The Hall–Kier alpha value is -1.61. The van der Waals surface area contributed by atoms with Crippen LogP contribution in [0.15, 0.2) is 40.8 Å². The van der Waals surface area contributed by atoms with Gasteiger partial charge in [0.1, 0.15) is 10.7 Å². The van der Waals surface area contributed by atoms with Gasteiger partial charge >= 0.3 is 0 Å². The average Bonchev–Trinajstić information content (AvgIpc) is 2.67. The Morgan fingerprint density at radius 1 is 1.20 bits per heavy atom. The first-order valence-electron chi connectivity index (χ1n) is 4.64. The molecule has 2 aromatic rings. The van der Waals surface area contributed by atoms with Gasteiger partial charge in [0.2, 0.25) is 0 Å². The summed E-state index contributed by atoms with van der Waals surface area (Å²) in [4.78, 5) is 0.287. The van der Waals surface area contributed by atoms with E-state index in [9.17, 15) is 0 Å². The van der Waals surface area contributed by atoms with Crippen molar-refractivity contribution in [3.05, 3.63) is 47.7 Å². The SMILES string of the molecule is Cc1ccccc1-c1ccc(C(N)=S)o1. The number of hydrogen-bond donors (Lipinski definition) is 1. The van der Waals surface area contributed by atoms with Crippen molar-refractivity contribution in [2.45, 2.75) is 6.92 Å². The normalized spacial score (nSPS) is 10.2. The van der Waals surface area contributed by atoms with E-state index in [1.54, 1.807) is 6.07 Å². The van der Waals surface area contributed by atoms with Crippen LogP contribution in [0.5, 0.6) is 0 Å². The Balaban J connectivity index is 2.46. The second kappa shape index (κ2) is 3.87. The van der Waals surface area contributed by atoms with Crippen LogP contribution >= 0.6 is 12.2 Å². The van der Waals surface area contributed by atoms with Crippen LogP contribution in [0.4, 0.5) is 0 Å². The molecule has 15 heavy (non-hydrogen) atoms. The van der Waals surface area contributed by atoms with Crippen LogP contribution in [0.3, 0.4) is 0 Å². The Labute approximate surface area is 93.7 Å². The van der Waals surface area contributed by atoms with Crippen LogP contribution in [0.1, 0.15) is 11.3 Å². The molecule has 2 nitrogen and oxygen atoms in total. The van der Waals surface area contributed by atoms with Crippen molar-refractivity contribution in [3.63, 3.8) is 0 Å². The maximum absolute atomic E-state index is 5.55. The van der Waals surface area contributed by atoms with Gasteiger partial charge in [-0.25, -0.2) is 0 Å². The molecule has 1 heterocycles. The summed E-state index contributed by atoms with van der Waals surface area (Å²) in [5.41, 5.74) is 7.72.